The van der Waals surface area contributed by atoms with Crippen LogP contribution in [0.2, 0.25) is 0 Å². The summed E-state index contributed by atoms with van der Waals surface area (Å²) in [5.41, 5.74) is 3.66. The van der Waals surface area contributed by atoms with Gasteiger partial charge in [-0.15, -0.1) is 0 Å². The topological polar surface area (TPSA) is 25.2 Å². The number of hydrogen-bond acceptors (Lipinski definition) is 1. The molecule has 0 saturated heterocycles. The Morgan fingerprint density at radius 1 is 0.727 bits per heavy atom. The van der Waals surface area contributed by atoms with Crippen molar-refractivity contribution >= 4 is 17.7 Å². The number of nitrogens with zero attached hydrogens (tertiary/aromatic N) is 2. The van der Waals surface area contributed by atoms with Crippen molar-refractivity contribution < 1.29 is 4.79 Å². The fraction of sp³-hybridized carbons (Fsp3) is 0. The zero-order valence-corrected chi connectivity index (χ0v) is 11.9. The standard InChI is InChI=1S/C19H14N2O/c22-19-17-11-5-4-10-16(17)18(14-15-8-2-1-3-9-15)21(19)20-12-6-7-13-20/h1-14H/b18-14-. The summed E-state index contributed by atoms with van der Waals surface area (Å²) in [6, 6.07) is 21.6. The molecule has 0 radical (unpaired) electrons. The van der Waals surface area contributed by atoms with Crippen molar-refractivity contribution in [2.24, 2.45) is 0 Å². The number of aromatic nitrogens is 1. The second kappa shape index (κ2) is 5.04. The molecule has 1 aliphatic rings. The van der Waals surface area contributed by atoms with Gasteiger partial charge in [-0.1, -0.05) is 48.5 Å². The van der Waals surface area contributed by atoms with Crippen LogP contribution in [-0.2, 0) is 0 Å². The first-order valence-corrected chi connectivity index (χ1v) is 7.18. The summed E-state index contributed by atoms with van der Waals surface area (Å²) in [7, 11) is 0. The van der Waals surface area contributed by atoms with Gasteiger partial charge in [-0.2, -0.15) is 0 Å². The minimum Gasteiger partial charge on any atom is -0.267 e. The maximum absolute atomic E-state index is 12.8. The second-order valence-corrected chi connectivity index (χ2v) is 5.17. The molecule has 4 rings (SSSR count). The van der Waals surface area contributed by atoms with Crippen LogP contribution in [0.5, 0.6) is 0 Å². The molecule has 1 aliphatic heterocycles. The van der Waals surface area contributed by atoms with Gasteiger partial charge < -0.3 is 0 Å². The summed E-state index contributed by atoms with van der Waals surface area (Å²) in [5, 5.41) is 1.71. The fourth-order valence-corrected chi connectivity index (χ4v) is 2.76. The Bertz CT molecular complexity index is 848. The highest BCUT2D eigenvalue weighted by Gasteiger charge is 2.32. The number of carbonyl (C=O) groups excluding carboxylic acids is 1. The highest BCUT2D eigenvalue weighted by molar-refractivity contribution is 6.20. The molecule has 2 aromatic carbocycles. The van der Waals surface area contributed by atoms with E-state index in [0.29, 0.717) is 0 Å². The molecule has 0 aliphatic carbocycles. The first-order chi connectivity index (χ1) is 10.8. The SMILES string of the molecule is O=C1c2ccccc2/C(=C/c2ccccc2)N1n1cccc1. The van der Waals surface area contributed by atoms with Gasteiger partial charge in [-0.25, -0.2) is 5.01 Å². The zero-order valence-electron chi connectivity index (χ0n) is 11.9. The van der Waals surface area contributed by atoms with E-state index < -0.39 is 0 Å². The summed E-state index contributed by atoms with van der Waals surface area (Å²) >= 11 is 0. The average Bonchev–Trinajstić information content (AvgIpc) is 3.17. The lowest BCUT2D eigenvalue weighted by Crippen LogP contribution is -2.32. The summed E-state index contributed by atoms with van der Waals surface area (Å²) in [5.74, 6) is -0.00557. The monoisotopic (exact) mass is 286 g/mol. The molecule has 0 saturated carbocycles. The number of amides is 1. The minimum absolute atomic E-state index is 0.00557. The van der Waals surface area contributed by atoms with Crippen LogP contribution in [0.25, 0.3) is 11.8 Å². The smallest absolute Gasteiger partial charge is 0.267 e. The van der Waals surface area contributed by atoms with Gasteiger partial charge in [-0.3, -0.25) is 9.47 Å². The maximum atomic E-state index is 12.8. The van der Waals surface area contributed by atoms with Gasteiger partial charge >= 0.3 is 0 Å². The molecule has 2 heterocycles. The quantitative estimate of drug-likeness (QED) is 0.704. The van der Waals surface area contributed by atoms with Crippen LogP contribution in [0.4, 0.5) is 0 Å². The van der Waals surface area contributed by atoms with E-state index in [-0.39, 0.29) is 5.91 Å². The molecule has 0 fully saturated rings. The van der Waals surface area contributed by atoms with E-state index in [1.807, 2.05) is 89.9 Å². The van der Waals surface area contributed by atoms with E-state index >= 15 is 0 Å². The fourth-order valence-electron chi connectivity index (χ4n) is 2.76. The van der Waals surface area contributed by atoms with Gasteiger partial charge in [0.2, 0.25) is 0 Å². The summed E-state index contributed by atoms with van der Waals surface area (Å²) < 4.78 is 1.82. The zero-order chi connectivity index (χ0) is 14.9. The highest BCUT2D eigenvalue weighted by atomic mass is 16.2. The molecule has 0 spiro atoms. The molecule has 0 N–H and O–H groups in total. The third-order valence-electron chi connectivity index (χ3n) is 3.78. The van der Waals surface area contributed by atoms with Crippen LogP contribution in [0.3, 0.4) is 0 Å². The number of carbonyl (C=O) groups is 1. The molecule has 3 nitrogen and oxygen atoms in total. The molecule has 0 unspecified atom stereocenters. The van der Waals surface area contributed by atoms with Crippen LogP contribution >= 0.6 is 0 Å². The van der Waals surface area contributed by atoms with Gasteiger partial charge in [0.1, 0.15) is 0 Å². The van der Waals surface area contributed by atoms with Crippen molar-refractivity contribution in [3.05, 3.63) is 95.8 Å². The highest BCUT2D eigenvalue weighted by Crippen LogP contribution is 2.32. The maximum Gasteiger partial charge on any atom is 0.278 e. The van der Waals surface area contributed by atoms with Gasteiger partial charge in [-0.05, 0) is 29.8 Å². The molecule has 1 amide bonds. The number of rotatable bonds is 2. The molecule has 0 bridgehead atoms. The molecule has 22 heavy (non-hydrogen) atoms. The van der Waals surface area contributed by atoms with E-state index in [1.54, 1.807) is 5.01 Å². The van der Waals surface area contributed by atoms with Crippen molar-refractivity contribution in [3.63, 3.8) is 0 Å². The molecule has 1 aromatic heterocycles. The third-order valence-corrected chi connectivity index (χ3v) is 3.78. The van der Waals surface area contributed by atoms with E-state index in [4.69, 9.17) is 0 Å². The van der Waals surface area contributed by atoms with Crippen molar-refractivity contribution in [3.8, 4) is 0 Å². The van der Waals surface area contributed by atoms with Crippen molar-refractivity contribution in [2.45, 2.75) is 0 Å². The van der Waals surface area contributed by atoms with E-state index in [9.17, 15) is 4.79 Å². The van der Waals surface area contributed by atoms with Crippen molar-refractivity contribution in [1.29, 1.82) is 0 Å². The molecular formula is C19H14N2O. The predicted octanol–water partition coefficient (Wildman–Crippen LogP) is 3.78. The molecular weight excluding hydrogens is 272 g/mol. The lowest BCUT2D eigenvalue weighted by atomic mass is 10.1. The Hall–Kier alpha value is -3.07. The summed E-state index contributed by atoms with van der Waals surface area (Å²) in [6.45, 7) is 0. The van der Waals surface area contributed by atoms with Gasteiger partial charge in [0.15, 0.2) is 0 Å². The Kier molecular flexibility index (Phi) is 2.90. The first-order valence-electron chi connectivity index (χ1n) is 7.18. The molecule has 0 atom stereocenters. The van der Waals surface area contributed by atoms with Crippen molar-refractivity contribution in [2.75, 3.05) is 5.01 Å². The normalized spacial score (nSPS) is 15.4. The molecule has 3 aromatic rings. The lowest BCUT2D eigenvalue weighted by molar-refractivity contribution is 0.0984. The Morgan fingerprint density at radius 2 is 1.36 bits per heavy atom. The van der Waals surface area contributed by atoms with E-state index in [2.05, 4.69) is 0 Å². The van der Waals surface area contributed by atoms with Crippen LogP contribution in [0, 0.1) is 0 Å². The average molecular weight is 286 g/mol. The Balaban J connectivity index is 1.92. The lowest BCUT2D eigenvalue weighted by Gasteiger charge is -2.19. The van der Waals surface area contributed by atoms with Crippen molar-refractivity contribution in [1.82, 2.24) is 4.68 Å². The van der Waals surface area contributed by atoms with Gasteiger partial charge in [0.05, 0.1) is 11.3 Å². The molecule has 3 heteroatoms. The van der Waals surface area contributed by atoms with Crippen LogP contribution < -0.4 is 5.01 Å². The Morgan fingerprint density at radius 3 is 2.09 bits per heavy atom. The van der Waals surface area contributed by atoms with Gasteiger partial charge in [0.25, 0.3) is 5.91 Å². The van der Waals surface area contributed by atoms with Crippen LogP contribution in [0.15, 0.2) is 79.1 Å². The molecule has 106 valence electrons. The minimum atomic E-state index is -0.00557. The predicted molar refractivity (Wildman–Crippen MR) is 87.7 cm³/mol. The summed E-state index contributed by atoms with van der Waals surface area (Å²) in [4.78, 5) is 12.8. The first kappa shape index (κ1) is 12.7. The second-order valence-electron chi connectivity index (χ2n) is 5.17. The van der Waals surface area contributed by atoms with Crippen LogP contribution in [-0.4, -0.2) is 10.6 Å². The third kappa shape index (κ3) is 1.95. The van der Waals surface area contributed by atoms with E-state index in [0.717, 1.165) is 22.4 Å². The number of benzene rings is 2. The number of fused-ring (bicyclic) bond motifs is 1. The largest absolute Gasteiger partial charge is 0.278 e. The Labute approximate surface area is 128 Å². The van der Waals surface area contributed by atoms with Gasteiger partial charge in [0, 0.05) is 18.0 Å². The van der Waals surface area contributed by atoms with Crippen LogP contribution in [0.1, 0.15) is 21.5 Å². The van der Waals surface area contributed by atoms with E-state index in [1.165, 1.54) is 0 Å². The number of hydrogen-bond donors (Lipinski definition) is 0. The summed E-state index contributed by atoms with van der Waals surface area (Å²) in [6.07, 6.45) is 5.80.